The average molecular weight is 382 g/mol. The van der Waals surface area contributed by atoms with Gasteiger partial charge in [-0.3, -0.25) is 14.9 Å². The van der Waals surface area contributed by atoms with Crippen LogP contribution in [0.2, 0.25) is 0 Å². The summed E-state index contributed by atoms with van der Waals surface area (Å²) < 4.78 is 18.4. The minimum absolute atomic E-state index is 0.00551. The fourth-order valence-corrected chi connectivity index (χ4v) is 2.28. The van der Waals surface area contributed by atoms with Crippen molar-refractivity contribution in [2.45, 2.75) is 0 Å². The molecule has 0 atom stereocenters. The summed E-state index contributed by atoms with van der Waals surface area (Å²) in [7, 11) is 0. The third kappa shape index (κ3) is 5.01. The van der Waals surface area contributed by atoms with Crippen LogP contribution in [0.1, 0.15) is 5.76 Å². The summed E-state index contributed by atoms with van der Waals surface area (Å²) in [5, 5.41) is 17.3. The number of nitrogens with zero attached hydrogens (tertiary/aromatic N) is 2. The number of amides is 1. The largest absolute Gasteiger partial charge is 0.455 e. The normalized spacial score (nSPS) is 10.8. The van der Waals surface area contributed by atoms with Crippen molar-refractivity contribution in [3.63, 3.8) is 0 Å². The second-order valence-corrected chi connectivity index (χ2v) is 5.66. The number of hydrogen-bond acceptors (Lipinski definition) is 6. The van der Waals surface area contributed by atoms with Gasteiger partial charge < -0.3 is 9.73 Å². The molecule has 1 amide bonds. The Bertz CT molecular complexity index is 998. The quantitative estimate of drug-likeness (QED) is 0.369. The summed E-state index contributed by atoms with van der Waals surface area (Å²) in [5.74, 6) is 0.176. The molecule has 3 rings (SSSR count). The summed E-state index contributed by atoms with van der Waals surface area (Å²) in [6.07, 6.45) is 1.34. The number of furan rings is 1. The van der Waals surface area contributed by atoms with Crippen LogP contribution in [-0.4, -0.2) is 23.6 Å². The predicted molar refractivity (Wildman–Crippen MR) is 101 cm³/mol. The van der Waals surface area contributed by atoms with E-state index in [1.807, 2.05) is 0 Å². The maximum atomic E-state index is 12.8. The zero-order valence-electron chi connectivity index (χ0n) is 14.5. The Morgan fingerprint density at radius 1 is 1.11 bits per heavy atom. The van der Waals surface area contributed by atoms with Gasteiger partial charge in [0.2, 0.25) is 0 Å². The van der Waals surface area contributed by atoms with Gasteiger partial charge in [-0.15, -0.1) is 0 Å². The Morgan fingerprint density at radius 2 is 1.82 bits per heavy atom. The summed E-state index contributed by atoms with van der Waals surface area (Å²) >= 11 is 0. The number of halogens is 1. The van der Waals surface area contributed by atoms with Crippen molar-refractivity contribution in [1.82, 2.24) is 5.43 Å². The van der Waals surface area contributed by atoms with Crippen LogP contribution < -0.4 is 10.7 Å². The summed E-state index contributed by atoms with van der Waals surface area (Å²) in [4.78, 5) is 21.9. The van der Waals surface area contributed by atoms with Gasteiger partial charge in [0.1, 0.15) is 17.3 Å². The molecule has 2 N–H and O–H groups in total. The molecule has 0 aliphatic heterocycles. The van der Waals surface area contributed by atoms with Crippen molar-refractivity contribution in [3.8, 4) is 11.3 Å². The van der Waals surface area contributed by atoms with E-state index in [0.717, 1.165) is 0 Å². The lowest BCUT2D eigenvalue weighted by Gasteiger charge is -2.04. The molecule has 28 heavy (non-hydrogen) atoms. The average Bonchev–Trinajstić information content (AvgIpc) is 3.16. The lowest BCUT2D eigenvalue weighted by molar-refractivity contribution is -0.384. The molecule has 1 aromatic heterocycles. The van der Waals surface area contributed by atoms with Gasteiger partial charge in [0, 0.05) is 23.4 Å². The first-order valence-electron chi connectivity index (χ1n) is 8.17. The number of non-ortho nitro benzene ring substituents is 1. The smallest absolute Gasteiger partial charge is 0.269 e. The van der Waals surface area contributed by atoms with E-state index in [-0.39, 0.29) is 24.0 Å². The van der Waals surface area contributed by atoms with E-state index < -0.39 is 4.92 Å². The van der Waals surface area contributed by atoms with Crippen LogP contribution in [0.3, 0.4) is 0 Å². The van der Waals surface area contributed by atoms with Gasteiger partial charge in [-0.25, -0.2) is 9.82 Å². The molecule has 0 radical (unpaired) electrons. The molecule has 8 nitrogen and oxygen atoms in total. The molecule has 0 unspecified atom stereocenters. The second kappa shape index (κ2) is 8.58. The van der Waals surface area contributed by atoms with Crippen LogP contribution in [0.25, 0.3) is 11.3 Å². The minimum Gasteiger partial charge on any atom is -0.455 e. The molecule has 0 aliphatic carbocycles. The minimum atomic E-state index is -0.475. The standard InChI is InChI=1S/C19H15FN4O4/c20-14-3-5-15(6-4-14)21-12-19(25)23-22-11-17-9-10-18(28-17)13-1-7-16(8-2-13)24(26)27/h1-11,21H,12H2,(H,23,25)/b22-11-. The zero-order valence-corrected chi connectivity index (χ0v) is 14.5. The monoisotopic (exact) mass is 382 g/mol. The van der Waals surface area contributed by atoms with E-state index in [4.69, 9.17) is 4.42 Å². The first kappa shape index (κ1) is 18.8. The lowest BCUT2D eigenvalue weighted by atomic mass is 10.1. The zero-order chi connectivity index (χ0) is 19.9. The molecule has 2 aromatic carbocycles. The molecule has 0 saturated carbocycles. The van der Waals surface area contributed by atoms with Gasteiger partial charge >= 0.3 is 0 Å². The van der Waals surface area contributed by atoms with E-state index in [9.17, 15) is 19.3 Å². The highest BCUT2D eigenvalue weighted by atomic mass is 19.1. The van der Waals surface area contributed by atoms with Crippen LogP contribution in [0.4, 0.5) is 15.8 Å². The molecule has 3 aromatic rings. The van der Waals surface area contributed by atoms with Crippen molar-refractivity contribution in [1.29, 1.82) is 0 Å². The fraction of sp³-hybridized carbons (Fsp3) is 0.0526. The van der Waals surface area contributed by atoms with E-state index in [0.29, 0.717) is 22.8 Å². The van der Waals surface area contributed by atoms with Gasteiger partial charge in [-0.05, 0) is 48.5 Å². The van der Waals surface area contributed by atoms with Gasteiger partial charge in [0.15, 0.2) is 0 Å². The molecule has 0 bridgehead atoms. The molecule has 142 valence electrons. The molecule has 9 heteroatoms. The van der Waals surface area contributed by atoms with Crippen molar-refractivity contribution >= 4 is 23.5 Å². The van der Waals surface area contributed by atoms with Crippen LogP contribution in [0.5, 0.6) is 0 Å². The number of hydrazone groups is 1. The number of nitro benzene ring substituents is 1. The molecule has 0 aliphatic rings. The van der Waals surface area contributed by atoms with Crippen molar-refractivity contribution in [2.24, 2.45) is 5.10 Å². The highest BCUT2D eigenvalue weighted by molar-refractivity contribution is 5.83. The highest BCUT2D eigenvalue weighted by Gasteiger charge is 2.08. The van der Waals surface area contributed by atoms with Crippen LogP contribution >= 0.6 is 0 Å². The van der Waals surface area contributed by atoms with Crippen LogP contribution in [-0.2, 0) is 4.79 Å². The number of nitrogens with one attached hydrogen (secondary N) is 2. The number of hydrogen-bond donors (Lipinski definition) is 2. The Balaban J connectivity index is 1.51. The van der Waals surface area contributed by atoms with Gasteiger partial charge in [0.05, 0.1) is 17.7 Å². The number of rotatable bonds is 7. The van der Waals surface area contributed by atoms with Crippen molar-refractivity contribution < 1.29 is 18.5 Å². The predicted octanol–water partition coefficient (Wildman–Crippen LogP) is 3.56. The second-order valence-electron chi connectivity index (χ2n) is 5.66. The van der Waals surface area contributed by atoms with Gasteiger partial charge in [-0.1, -0.05) is 0 Å². The third-order valence-electron chi connectivity index (χ3n) is 3.67. The molecular formula is C19H15FN4O4. The molecule has 0 spiro atoms. The lowest BCUT2D eigenvalue weighted by Crippen LogP contribution is -2.25. The van der Waals surface area contributed by atoms with E-state index >= 15 is 0 Å². The Kier molecular flexibility index (Phi) is 5.75. The number of anilines is 1. The first-order valence-corrected chi connectivity index (χ1v) is 8.17. The Hall–Kier alpha value is -4.01. The number of carbonyl (C=O) groups is 1. The molecule has 0 saturated heterocycles. The Labute approximate surface area is 158 Å². The molecule has 1 heterocycles. The third-order valence-corrected chi connectivity index (χ3v) is 3.67. The molecule has 0 fully saturated rings. The van der Waals surface area contributed by atoms with E-state index in [1.54, 1.807) is 24.3 Å². The van der Waals surface area contributed by atoms with Crippen molar-refractivity contribution in [2.75, 3.05) is 11.9 Å². The maximum absolute atomic E-state index is 12.8. The topological polar surface area (TPSA) is 110 Å². The van der Waals surface area contributed by atoms with E-state index in [1.165, 1.54) is 42.6 Å². The van der Waals surface area contributed by atoms with Crippen LogP contribution in [0, 0.1) is 15.9 Å². The van der Waals surface area contributed by atoms with Gasteiger partial charge in [-0.2, -0.15) is 5.10 Å². The number of carbonyl (C=O) groups excluding carboxylic acids is 1. The first-order chi connectivity index (χ1) is 13.5. The summed E-state index contributed by atoms with van der Waals surface area (Å²) in [6.45, 7) is -0.0326. The van der Waals surface area contributed by atoms with Crippen molar-refractivity contribution in [3.05, 3.63) is 82.4 Å². The maximum Gasteiger partial charge on any atom is 0.269 e. The summed E-state index contributed by atoms with van der Waals surface area (Å²) in [6, 6.07) is 14.9. The number of benzene rings is 2. The van der Waals surface area contributed by atoms with Gasteiger partial charge in [0.25, 0.3) is 11.6 Å². The Morgan fingerprint density at radius 3 is 2.50 bits per heavy atom. The SMILES string of the molecule is O=C(CNc1ccc(F)cc1)N/N=C\c1ccc(-c2ccc([N+](=O)[O-])cc2)o1. The fourth-order valence-electron chi connectivity index (χ4n) is 2.28. The molecular weight excluding hydrogens is 367 g/mol. The highest BCUT2D eigenvalue weighted by Crippen LogP contribution is 2.23. The van der Waals surface area contributed by atoms with E-state index in [2.05, 4.69) is 15.8 Å². The number of nitro groups is 1. The summed E-state index contributed by atoms with van der Waals surface area (Å²) in [5.41, 5.74) is 3.62. The van der Waals surface area contributed by atoms with Crippen LogP contribution in [0.15, 0.2) is 70.2 Å².